The molecule has 3 aliphatic rings. The largest absolute Gasteiger partial charge is 0.487 e. The van der Waals surface area contributed by atoms with Crippen LogP contribution in [0.25, 0.3) is 0 Å². The van der Waals surface area contributed by atoms with Crippen molar-refractivity contribution in [2.24, 2.45) is 5.92 Å². The number of carbonyl (C=O) groups is 2. The van der Waals surface area contributed by atoms with E-state index in [1.165, 1.54) is 0 Å². The Bertz CT molecular complexity index is 955. The second kappa shape index (κ2) is 8.02. The molecule has 3 fully saturated rings. The number of likely N-dealkylation sites (tertiary alicyclic amines) is 2. The predicted molar refractivity (Wildman–Crippen MR) is 115 cm³/mol. The molecule has 1 aromatic heterocycles. The van der Waals surface area contributed by atoms with Crippen LogP contribution in [-0.4, -0.2) is 51.8 Å². The van der Waals surface area contributed by atoms with Gasteiger partial charge in [0.1, 0.15) is 12.4 Å². The van der Waals surface area contributed by atoms with Crippen molar-refractivity contribution in [2.75, 3.05) is 13.1 Å². The van der Waals surface area contributed by atoms with E-state index in [1.54, 1.807) is 11.3 Å². The number of rotatable bonds is 5. The highest BCUT2D eigenvalue weighted by atomic mass is 32.1. The molecule has 0 spiro atoms. The van der Waals surface area contributed by atoms with Crippen molar-refractivity contribution in [1.29, 1.82) is 0 Å². The fourth-order valence-electron chi connectivity index (χ4n) is 4.84. The molecule has 158 valence electrons. The van der Waals surface area contributed by atoms with Crippen molar-refractivity contribution in [2.45, 2.75) is 57.7 Å². The number of thiazole rings is 1. The normalized spacial score (nSPS) is 24.0. The molecular formula is C23H27N3O3S. The van der Waals surface area contributed by atoms with Crippen LogP contribution in [0.4, 0.5) is 0 Å². The summed E-state index contributed by atoms with van der Waals surface area (Å²) in [5.74, 6) is 1.45. The van der Waals surface area contributed by atoms with Gasteiger partial charge in [-0.25, -0.2) is 4.98 Å². The van der Waals surface area contributed by atoms with Crippen LogP contribution in [0.15, 0.2) is 29.6 Å². The number of benzene rings is 1. The molecule has 2 saturated heterocycles. The Labute approximate surface area is 180 Å². The fourth-order valence-corrected chi connectivity index (χ4v) is 5.43. The van der Waals surface area contributed by atoms with Crippen LogP contribution < -0.4 is 4.74 Å². The number of amides is 2. The third-order valence-electron chi connectivity index (χ3n) is 6.43. The number of aromatic nitrogens is 1. The van der Waals surface area contributed by atoms with Crippen LogP contribution in [0.5, 0.6) is 5.75 Å². The van der Waals surface area contributed by atoms with E-state index in [-0.39, 0.29) is 5.91 Å². The van der Waals surface area contributed by atoms with Crippen molar-refractivity contribution >= 4 is 23.2 Å². The lowest BCUT2D eigenvalue weighted by atomic mass is 9.83. The summed E-state index contributed by atoms with van der Waals surface area (Å²) in [6.45, 7) is 3.83. The van der Waals surface area contributed by atoms with E-state index in [1.807, 2.05) is 41.5 Å². The smallest absolute Gasteiger partial charge is 0.253 e. The highest BCUT2D eigenvalue weighted by Crippen LogP contribution is 2.39. The lowest BCUT2D eigenvalue weighted by Gasteiger charge is -2.47. The Morgan fingerprint density at radius 1 is 1.27 bits per heavy atom. The summed E-state index contributed by atoms with van der Waals surface area (Å²) in [5, 5.41) is 3.01. The van der Waals surface area contributed by atoms with E-state index in [9.17, 15) is 9.59 Å². The number of nitrogens with zero attached hydrogens (tertiary/aromatic N) is 3. The molecule has 2 amide bonds. The zero-order valence-corrected chi connectivity index (χ0v) is 18.1. The van der Waals surface area contributed by atoms with E-state index in [4.69, 9.17) is 4.74 Å². The average molecular weight is 426 g/mol. The van der Waals surface area contributed by atoms with Crippen molar-refractivity contribution in [1.82, 2.24) is 14.8 Å². The minimum absolute atomic E-state index is 0.0540. The van der Waals surface area contributed by atoms with Crippen molar-refractivity contribution in [3.8, 4) is 5.75 Å². The molecule has 2 aliphatic heterocycles. The molecule has 2 unspecified atom stereocenters. The number of piperidine rings is 2. The van der Waals surface area contributed by atoms with Crippen LogP contribution in [0.1, 0.15) is 53.2 Å². The monoisotopic (exact) mass is 425 g/mol. The first-order chi connectivity index (χ1) is 14.6. The first-order valence-corrected chi connectivity index (χ1v) is 11.7. The van der Waals surface area contributed by atoms with E-state index >= 15 is 0 Å². The van der Waals surface area contributed by atoms with E-state index in [0.29, 0.717) is 54.8 Å². The Balaban J connectivity index is 1.23. The Morgan fingerprint density at radius 3 is 2.90 bits per heavy atom. The van der Waals surface area contributed by atoms with Gasteiger partial charge in [-0.1, -0.05) is 6.07 Å². The molecule has 0 radical (unpaired) electrons. The molecule has 3 heterocycles. The second-order valence-electron chi connectivity index (χ2n) is 8.61. The number of hydrogen-bond donors (Lipinski definition) is 0. The maximum absolute atomic E-state index is 13.2. The molecule has 1 saturated carbocycles. The van der Waals surface area contributed by atoms with E-state index in [2.05, 4.69) is 9.88 Å². The van der Waals surface area contributed by atoms with Gasteiger partial charge in [0.15, 0.2) is 0 Å². The van der Waals surface area contributed by atoms with E-state index in [0.717, 1.165) is 42.9 Å². The minimum atomic E-state index is 0.0540. The van der Waals surface area contributed by atoms with Crippen molar-refractivity contribution in [3.63, 3.8) is 0 Å². The second-order valence-corrected chi connectivity index (χ2v) is 9.67. The molecule has 2 atom stereocenters. The van der Waals surface area contributed by atoms with Crippen LogP contribution in [0.3, 0.4) is 0 Å². The zero-order valence-electron chi connectivity index (χ0n) is 17.3. The molecule has 7 heteroatoms. The summed E-state index contributed by atoms with van der Waals surface area (Å²) in [7, 11) is 0. The lowest BCUT2D eigenvalue weighted by Crippen LogP contribution is -2.57. The summed E-state index contributed by atoms with van der Waals surface area (Å²) in [5.41, 5.74) is 1.56. The topological polar surface area (TPSA) is 62.7 Å². The number of fused-ring (bicyclic) bond motifs is 1. The number of aryl methyl sites for hydroxylation is 1. The molecule has 2 aromatic rings. The van der Waals surface area contributed by atoms with Gasteiger partial charge in [-0.15, -0.1) is 11.3 Å². The molecule has 5 rings (SSSR count). The van der Waals surface area contributed by atoms with Gasteiger partial charge < -0.3 is 14.5 Å². The molecule has 0 bridgehead atoms. The van der Waals surface area contributed by atoms with Gasteiger partial charge in [-0.05, 0) is 56.7 Å². The maximum Gasteiger partial charge on any atom is 0.253 e. The van der Waals surface area contributed by atoms with Gasteiger partial charge in [0.05, 0.1) is 10.7 Å². The molecule has 6 nitrogen and oxygen atoms in total. The molecule has 30 heavy (non-hydrogen) atoms. The Hall–Kier alpha value is -2.41. The lowest BCUT2D eigenvalue weighted by molar-refractivity contribution is -0.141. The van der Waals surface area contributed by atoms with Crippen LogP contribution in [0, 0.1) is 12.8 Å². The van der Waals surface area contributed by atoms with Gasteiger partial charge in [0.25, 0.3) is 5.91 Å². The minimum Gasteiger partial charge on any atom is -0.487 e. The summed E-state index contributed by atoms with van der Waals surface area (Å²) in [6.07, 6.45) is 4.69. The summed E-state index contributed by atoms with van der Waals surface area (Å²) in [6, 6.07) is 8.21. The summed E-state index contributed by atoms with van der Waals surface area (Å²) >= 11 is 1.60. The first kappa shape index (κ1) is 19.5. The van der Waals surface area contributed by atoms with Gasteiger partial charge in [-0.3, -0.25) is 9.59 Å². The average Bonchev–Trinajstić information content (AvgIpc) is 3.51. The predicted octanol–water partition coefficient (Wildman–Crippen LogP) is 3.65. The molecular weight excluding hydrogens is 398 g/mol. The summed E-state index contributed by atoms with van der Waals surface area (Å²) in [4.78, 5) is 34.1. The standard InChI is InChI=1S/C23H27N3O3S/c1-15-24-18(14-30-15)13-29-20-4-2-3-16(11-20)23(28)25-10-9-21-17(12-25)5-8-22(27)26(21)19-6-7-19/h2-4,11,14,17,19,21H,5-10,12-13H2,1H3. The third kappa shape index (κ3) is 3.95. The molecule has 1 aromatic carbocycles. The van der Waals surface area contributed by atoms with Crippen LogP contribution >= 0.6 is 11.3 Å². The molecule has 1 aliphatic carbocycles. The number of carbonyl (C=O) groups excluding carboxylic acids is 2. The Kier molecular flexibility index (Phi) is 5.23. The fraction of sp³-hybridized carbons (Fsp3) is 0.522. The van der Waals surface area contributed by atoms with Crippen molar-refractivity contribution in [3.05, 3.63) is 45.9 Å². The van der Waals surface area contributed by atoms with Gasteiger partial charge in [-0.2, -0.15) is 0 Å². The van der Waals surface area contributed by atoms with Gasteiger partial charge in [0, 0.05) is 42.5 Å². The quantitative estimate of drug-likeness (QED) is 0.734. The van der Waals surface area contributed by atoms with Crippen molar-refractivity contribution < 1.29 is 14.3 Å². The number of hydrogen-bond acceptors (Lipinski definition) is 5. The third-order valence-corrected chi connectivity index (χ3v) is 7.25. The van der Waals surface area contributed by atoms with Crippen LogP contribution in [-0.2, 0) is 11.4 Å². The van der Waals surface area contributed by atoms with Gasteiger partial charge in [0.2, 0.25) is 5.91 Å². The zero-order chi connectivity index (χ0) is 20.7. The SMILES string of the molecule is Cc1nc(COc2cccc(C(=O)N3CCC4C(CCC(=O)N4C4CC4)C3)c2)cs1. The van der Waals surface area contributed by atoms with E-state index < -0.39 is 0 Å². The molecule has 0 N–H and O–H groups in total. The number of ether oxygens (including phenoxy) is 1. The maximum atomic E-state index is 13.2. The van der Waals surface area contributed by atoms with Gasteiger partial charge >= 0.3 is 0 Å². The first-order valence-electron chi connectivity index (χ1n) is 10.8. The highest BCUT2D eigenvalue weighted by Gasteiger charge is 2.45. The highest BCUT2D eigenvalue weighted by molar-refractivity contribution is 7.09. The Morgan fingerprint density at radius 2 is 2.13 bits per heavy atom. The summed E-state index contributed by atoms with van der Waals surface area (Å²) < 4.78 is 5.86. The van der Waals surface area contributed by atoms with Crippen LogP contribution in [0.2, 0.25) is 0 Å².